The van der Waals surface area contributed by atoms with Crippen LogP contribution in [0.2, 0.25) is 0 Å². The van der Waals surface area contributed by atoms with Gasteiger partial charge < -0.3 is 20.0 Å². The molecular weight excluding hydrogens is 528 g/mol. The second-order valence-electron chi connectivity index (χ2n) is 10.2. The van der Waals surface area contributed by atoms with Gasteiger partial charge in [0.2, 0.25) is 0 Å². The topological polar surface area (TPSA) is 115 Å². The zero-order valence-electron chi connectivity index (χ0n) is 22.3. The lowest BCUT2D eigenvalue weighted by molar-refractivity contribution is 0.0697. The van der Waals surface area contributed by atoms with Gasteiger partial charge in [0.1, 0.15) is 18.0 Å². The van der Waals surface area contributed by atoms with Gasteiger partial charge in [0, 0.05) is 40.3 Å². The van der Waals surface area contributed by atoms with Crippen molar-refractivity contribution in [3.63, 3.8) is 0 Å². The molecule has 0 saturated heterocycles. The Morgan fingerprint density at radius 2 is 1.45 bits per heavy atom. The fraction of sp³-hybridized carbons (Fsp3) is 0.0571. The largest absolute Gasteiger partial charge is 0.478 e. The third-order valence-electron chi connectivity index (χ3n) is 7.71. The van der Waals surface area contributed by atoms with Crippen LogP contribution in [0.3, 0.4) is 0 Å². The Balaban J connectivity index is 1.26. The number of anilines is 1. The highest BCUT2D eigenvalue weighted by Crippen LogP contribution is 2.45. The van der Waals surface area contributed by atoms with E-state index in [1.807, 2.05) is 30.3 Å². The summed E-state index contributed by atoms with van der Waals surface area (Å²) in [6.45, 7) is 0.161. The van der Waals surface area contributed by atoms with Crippen LogP contribution in [0.1, 0.15) is 27.4 Å². The van der Waals surface area contributed by atoms with Crippen molar-refractivity contribution in [2.45, 2.75) is 5.92 Å². The van der Waals surface area contributed by atoms with E-state index in [-0.39, 0.29) is 18.1 Å². The SMILES string of the molecule is Nc1ccc2c(-c3ccccc3C(=O)O)c3cc/c(=N\C(=O)OCC4c5ccccc5-c5ccccc54)cc-3oc2c1. The average Bonchev–Trinajstić information content (AvgIpc) is 3.32. The van der Waals surface area contributed by atoms with Crippen LogP contribution < -0.4 is 11.1 Å². The van der Waals surface area contributed by atoms with Gasteiger partial charge in [0.25, 0.3) is 0 Å². The number of nitrogens with zero attached hydrogens (tertiary/aromatic N) is 1. The van der Waals surface area contributed by atoms with E-state index in [4.69, 9.17) is 14.9 Å². The third-order valence-corrected chi connectivity index (χ3v) is 7.71. The molecule has 1 heterocycles. The van der Waals surface area contributed by atoms with Crippen LogP contribution >= 0.6 is 0 Å². The molecule has 1 aliphatic heterocycles. The van der Waals surface area contributed by atoms with Crippen molar-refractivity contribution in [1.82, 2.24) is 0 Å². The molecule has 0 radical (unpaired) electrons. The summed E-state index contributed by atoms with van der Waals surface area (Å²) in [5, 5.41) is 11.0. The third kappa shape index (κ3) is 4.28. The van der Waals surface area contributed by atoms with Gasteiger partial charge in [-0.3, -0.25) is 0 Å². The summed E-state index contributed by atoms with van der Waals surface area (Å²) in [6, 6.07) is 33.5. The number of amides is 1. The lowest BCUT2D eigenvalue weighted by atomic mass is 9.91. The summed E-state index contributed by atoms with van der Waals surface area (Å²) < 4.78 is 11.9. The quantitative estimate of drug-likeness (QED) is 0.175. The first-order chi connectivity index (χ1) is 20.5. The fourth-order valence-electron chi connectivity index (χ4n) is 5.87. The highest BCUT2D eigenvalue weighted by Gasteiger charge is 2.29. The molecule has 0 fully saturated rings. The molecule has 0 saturated carbocycles. The summed E-state index contributed by atoms with van der Waals surface area (Å²) in [5.74, 6) is -0.683. The Morgan fingerprint density at radius 3 is 2.17 bits per heavy atom. The van der Waals surface area contributed by atoms with Crippen molar-refractivity contribution in [2.75, 3.05) is 12.3 Å². The predicted octanol–water partition coefficient (Wildman–Crippen LogP) is 7.33. The lowest BCUT2D eigenvalue weighted by Crippen LogP contribution is -2.13. The zero-order valence-corrected chi connectivity index (χ0v) is 22.3. The summed E-state index contributed by atoms with van der Waals surface area (Å²) in [5.41, 5.74) is 13.6. The van der Waals surface area contributed by atoms with Gasteiger partial charge in [0.15, 0.2) is 0 Å². The fourth-order valence-corrected chi connectivity index (χ4v) is 5.87. The second-order valence-corrected chi connectivity index (χ2v) is 10.2. The maximum Gasteiger partial charge on any atom is 0.434 e. The minimum absolute atomic E-state index is 0.0724. The molecule has 42 heavy (non-hydrogen) atoms. The lowest BCUT2D eigenvalue weighted by Gasteiger charge is -2.17. The van der Waals surface area contributed by atoms with Gasteiger partial charge in [-0.05, 0) is 58.1 Å². The van der Waals surface area contributed by atoms with Gasteiger partial charge in [-0.2, -0.15) is 4.99 Å². The van der Waals surface area contributed by atoms with Crippen LogP contribution in [0.15, 0.2) is 119 Å². The van der Waals surface area contributed by atoms with Crippen molar-refractivity contribution in [2.24, 2.45) is 4.99 Å². The number of carboxylic acids is 1. The molecule has 4 aromatic carbocycles. The van der Waals surface area contributed by atoms with Crippen LogP contribution in [-0.4, -0.2) is 23.8 Å². The number of nitrogen functional groups attached to an aromatic ring is 1. The molecule has 7 heteroatoms. The summed E-state index contributed by atoms with van der Waals surface area (Å²) >= 11 is 0. The first kappa shape index (κ1) is 25.3. The van der Waals surface area contributed by atoms with Crippen molar-refractivity contribution >= 4 is 28.7 Å². The molecular formula is C35H24N2O5. The van der Waals surface area contributed by atoms with E-state index in [0.717, 1.165) is 22.3 Å². The first-order valence-corrected chi connectivity index (χ1v) is 13.5. The van der Waals surface area contributed by atoms with Crippen LogP contribution in [0.4, 0.5) is 10.5 Å². The van der Waals surface area contributed by atoms with Gasteiger partial charge in [-0.1, -0.05) is 66.7 Å². The van der Waals surface area contributed by atoms with Crippen LogP contribution in [0.5, 0.6) is 0 Å². The molecule has 0 aromatic heterocycles. The highest BCUT2D eigenvalue weighted by molar-refractivity contribution is 6.07. The maximum atomic E-state index is 12.9. The Labute approximate surface area is 240 Å². The Bertz CT molecular complexity index is 2030. The average molecular weight is 553 g/mol. The van der Waals surface area contributed by atoms with Crippen LogP contribution in [-0.2, 0) is 4.74 Å². The number of benzene rings is 5. The molecule has 204 valence electrons. The first-order valence-electron chi connectivity index (χ1n) is 13.5. The van der Waals surface area contributed by atoms with E-state index in [1.54, 1.807) is 54.6 Å². The van der Waals surface area contributed by atoms with E-state index in [0.29, 0.717) is 44.5 Å². The van der Waals surface area contributed by atoms with E-state index >= 15 is 0 Å². The summed E-state index contributed by atoms with van der Waals surface area (Å²) in [6.07, 6.45) is -0.710. The Hall–Kier alpha value is -5.69. The number of carboxylic acid groups (broad SMARTS) is 1. The Kier molecular flexibility index (Phi) is 6.05. The second kappa shape index (κ2) is 10.1. The van der Waals surface area contributed by atoms with E-state index < -0.39 is 12.1 Å². The van der Waals surface area contributed by atoms with Crippen molar-refractivity contribution in [3.8, 4) is 33.6 Å². The number of hydrogen-bond acceptors (Lipinski definition) is 5. The molecule has 1 amide bonds. The molecule has 0 bridgehead atoms. The van der Waals surface area contributed by atoms with E-state index in [2.05, 4.69) is 29.3 Å². The maximum absolute atomic E-state index is 12.9. The molecule has 0 unspecified atom stereocenters. The smallest absolute Gasteiger partial charge is 0.434 e. The number of ether oxygens (including phenoxy) is 1. The summed E-state index contributed by atoms with van der Waals surface area (Å²) in [7, 11) is 0. The number of hydrogen-bond donors (Lipinski definition) is 2. The molecule has 2 aliphatic carbocycles. The predicted molar refractivity (Wildman–Crippen MR) is 160 cm³/mol. The minimum atomic E-state index is -1.04. The molecule has 3 aliphatic rings. The standard InChI is InChI=1S/C35H24N2O5/c36-20-13-15-28-31(17-20)42-32-18-21(14-16-29(32)33(28)26-11-5-6-12-27(26)34(38)39)37-35(40)41-19-30-24-9-3-1-7-22(24)23-8-2-4-10-25(23)30/h1-18,30H,19,36H2,(H,38,39)/b37-21+. The molecule has 0 spiro atoms. The number of carbonyl (C=O) groups is 2. The number of fused-ring (bicyclic) bond motifs is 5. The van der Waals surface area contributed by atoms with Crippen molar-refractivity contribution in [3.05, 3.63) is 131 Å². The highest BCUT2D eigenvalue weighted by atomic mass is 16.5. The number of rotatable bonds is 4. The van der Waals surface area contributed by atoms with Gasteiger partial charge in [-0.25, -0.2) is 9.59 Å². The zero-order chi connectivity index (χ0) is 28.8. The van der Waals surface area contributed by atoms with E-state index in [9.17, 15) is 14.7 Å². The van der Waals surface area contributed by atoms with Crippen molar-refractivity contribution < 1.29 is 23.8 Å². The minimum Gasteiger partial charge on any atom is -0.478 e. The van der Waals surface area contributed by atoms with E-state index in [1.165, 1.54) is 0 Å². The normalized spacial score (nSPS) is 12.8. The van der Waals surface area contributed by atoms with Gasteiger partial charge in [-0.15, -0.1) is 0 Å². The number of nitrogens with two attached hydrogens (primary N) is 1. The van der Waals surface area contributed by atoms with Crippen LogP contribution in [0, 0.1) is 0 Å². The number of carbonyl (C=O) groups excluding carboxylic acids is 1. The monoisotopic (exact) mass is 552 g/mol. The van der Waals surface area contributed by atoms with Gasteiger partial charge in [0.05, 0.1) is 10.9 Å². The molecule has 4 aromatic rings. The Morgan fingerprint density at radius 1 is 0.786 bits per heavy atom. The van der Waals surface area contributed by atoms with Crippen molar-refractivity contribution in [1.29, 1.82) is 0 Å². The molecule has 0 atom stereocenters. The molecule has 7 rings (SSSR count). The molecule has 7 nitrogen and oxygen atoms in total. The summed E-state index contributed by atoms with van der Waals surface area (Å²) in [4.78, 5) is 29.2. The van der Waals surface area contributed by atoms with Crippen LogP contribution in [0.25, 0.3) is 44.5 Å². The van der Waals surface area contributed by atoms with Gasteiger partial charge >= 0.3 is 12.1 Å². The number of aromatic carboxylic acids is 1. The molecule has 3 N–H and O–H groups in total.